The van der Waals surface area contributed by atoms with Crippen LogP contribution in [0.3, 0.4) is 0 Å². The van der Waals surface area contributed by atoms with Crippen molar-refractivity contribution in [2.45, 2.75) is 33.1 Å². The minimum atomic E-state index is -1.18. The third-order valence-electron chi connectivity index (χ3n) is 4.88. The van der Waals surface area contributed by atoms with Gasteiger partial charge in [-0.15, -0.1) is 0 Å². The molecular weight excluding hydrogens is 392 g/mol. The summed E-state index contributed by atoms with van der Waals surface area (Å²) in [6.07, 6.45) is 0. The van der Waals surface area contributed by atoms with Gasteiger partial charge in [0, 0.05) is 5.46 Å². The minimum Gasteiger partial charge on any atom is -0.496 e. The van der Waals surface area contributed by atoms with Gasteiger partial charge in [0.1, 0.15) is 24.2 Å². The maximum absolute atomic E-state index is 13.0. The zero-order chi connectivity index (χ0) is 21.8. The van der Waals surface area contributed by atoms with Crippen LogP contribution in [0.1, 0.15) is 35.3 Å². The van der Waals surface area contributed by atoms with E-state index in [0.717, 1.165) is 5.56 Å². The topological polar surface area (TPSA) is 94.1 Å². The second-order valence-electron chi connectivity index (χ2n) is 7.31. The Bertz CT molecular complexity index is 934. The van der Waals surface area contributed by atoms with E-state index in [2.05, 4.69) is 5.32 Å². The molecule has 0 aromatic heterocycles. The number of ether oxygens (including phenoxy) is 2. The highest BCUT2D eigenvalue weighted by molar-refractivity contribution is 6.63. The average Bonchev–Trinajstić information content (AvgIpc) is 3.11. The minimum absolute atomic E-state index is 0.0378. The molecule has 0 fully saturated rings. The molecule has 158 valence electrons. The van der Waals surface area contributed by atoms with E-state index in [-0.39, 0.29) is 36.3 Å². The smallest absolute Gasteiger partial charge is 0.495 e. The van der Waals surface area contributed by atoms with Gasteiger partial charge in [0.15, 0.2) is 0 Å². The molecular formula is C21H23BFNO6. The number of methoxy groups -OCH3 is 1. The largest absolute Gasteiger partial charge is 0.496 e. The molecule has 1 atom stereocenters. The van der Waals surface area contributed by atoms with Gasteiger partial charge in [-0.25, -0.2) is 9.18 Å². The molecule has 2 N–H and O–H groups in total. The number of carbonyl (C=O) groups excluding carboxylic acids is 2. The van der Waals surface area contributed by atoms with E-state index in [1.165, 1.54) is 31.4 Å². The number of hydrogen-bond donors (Lipinski definition) is 2. The molecule has 2 aromatic carbocycles. The Morgan fingerprint density at radius 1 is 1.23 bits per heavy atom. The van der Waals surface area contributed by atoms with Gasteiger partial charge in [-0.1, -0.05) is 32.0 Å². The molecule has 7 nitrogen and oxygen atoms in total. The zero-order valence-corrected chi connectivity index (χ0v) is 17.0. The molecule has 0 spiro atoms. The predicted molar refractivity (Wildman–Crippen MR) is 108 cm³/mol. The van der Waals surface area contributed by atoms with Crippen LogP contribution < -0.4 is 15.5 Å². The molecule has 1 aliphatic rings. The van der Waals surface area contributed by atoms with E-state index in [1.54, 1.807) is 26.0 Å². The molecule has 0 saturated carbocycles. The molecule has 1 heterocycles. The van der Waals surface area contributed by atoms with Crippen LogP contribution in [0.2, 0.25) is 0 Å². The number of halogens is 1. The van der Waals surface area contributed by atoms with Crippen LogP contribution in [0.4, 0.5) is 4.39 Å². The number of hydrogen-bond acceptors (Lipinski definition) is 6. The second-order valence-corrected chi connectivity index (χ2v) is 7.31. The van der Waals surface area contributed by atoms with Gasteiger partial charge in [0.05, 0.1) is 19.3 Å². The molecule has 0 aliphatic carbocycles. The van der Waals surface area contributed by atoms with Crippen LogP contribution in [0.5, 0.6) is 5.75 Å². The summed E-state index contributed by atoms with van der Waals surface area (Å²) in [7, 11) is 0.221. The Morgan fingerprint density at radius 2 is 1.93 bits per heavy atom. The van der Waals surface area contributed by atoms with E-state index in [0.29, 0.717) is 11.0 Å². The van der Waals surface area contributed by atoms with E-state index < -0.39 is 25.0 Å². The summed E-state index contributed by atoms with van der Waals surface area (Å²) >= 11 is 0. The third-order valence-corrected chi connectivity index (χ3v) is 4.88. The van der Waals surface area contributed by atoms with Gasteiger partial charge in [0.25, 0.3) is 5.91 Å². The lowest BCUT2D eigenvalue weighted by atomic mass is 9.77. The zero-order valence-electron chi connectivity index (χ0n) is 17.0. The third kappa shape index (κ3) is 4.63. The van der Waals surface area contributed by atoms with Crippen molar-refractivity contribution in [1.82, 2.24) is 5.32 Å². The Morgan fingerprint density at radius 3 is 2.57 bits per heavy atom. The molecule has 1 aliphatic heterocycles. The van der Waals surface area contributed by atoms with Crippen LogP contribution in [0, 0.1) is 11.7 Å². The van der Waals surface area contributed by atoms with Crippen LogP contribution in [-0.2, 0) is 27.4 Å². The second kappa shape index (κ2) is 9.27. The number of carbonyl (C=O) groups is 2. The van der Waals surface area contributed by atoms with Crippen LogP contribution in [0.15, 0.2) is 36.4 Å². The fraction of sp³-hybridized carbons (Fsp3) is 0.333. The molecule has 3 rings (SSSR count). The number of fused-ring (bicyclic) bond motifs is 1. The van der Waals surface area contributed by atoms with E-state index >= 15 is 0 Å². The van der Waals surface area contributed by atoms with Gasteiger partial charge < -0.3 is 24.5 Å². The highest BCUT2D eigenvalue weighted by atomic mass is 19.1. The van der Waals surface area contributed by atoms with Gasteiger partial charge in [0.2, 0.25) is 0 Å². The van der Waals surface area contributed by atoms with Gasteiger partial charge in [-0.05, 0) is 35.2 Å². The molecule has 1 amide bonds. The number of benzene rings is 2. The highest BCUT2D eigenvalue weighted by Crippen LogP contribution is 2.23. The highest BCUT2D eigenvalue weighted by Gasteiger charge is 2.35. The predicted octanol–water partition coefficient (Wildman–Crippen LogP) is 1.55. The first-order valence-electron chi connectivity index (χ1n) is 9.53. The van der Waals surface area contributed by atoms with E-state index in [1.807, 2.05) is 0 Å². The normalized spacial score (nSPS) is 13.7. The fourth-order valence-corrected chi connectivity index (χ4v) is 3.23. The molecule has 0 bridgehead atoms. The summed E-state index contributed by atoms with van der Waals surface area (Å²) in [5, 5.41) is 12.7. The summed E-state index contributed by atoms with van der Waals surface area (Å²) < 4.78 is 28.8. The number of nitrogens with one attached hydrogen (secondary N) is 1. The molecule has 2 aromatic rings. The summed E-state index contributed by atoms with van der Waals surface area (Å²) in [4.78, 5) is 25.5. The summed E-state index contributed by atoms with van der Waals surface area (Å²) in [5.41, 5.74) is 1.95. The van der Waals surface area contributed by atoms with Gasteiger partial charge in [-0.3, -0.25) is 4.79 Å². The van der Waals surface area contributed by atoms with Crippen LogP contribution >= 0.6 is 0 Å². The van der Waals surface area contributed by atoms with Crippen LogP contribution in [-0.4, -0.2) is 37.2 Å². The maximum Gasteiger partial charge on any atom is 0.495 e. The fourth-order valence-electron chi connectivity index (χ4n) is 3.23. The van der Waals surface area contributed by atoms with Crippen LogP contribution in [0.25, 0.3) is 0 Å². The molecule has 30 heavy (non-hydrogen) atoms. The van der Waals surface area contributed by atoms with Crippen molar-refractivity contribution in [3.63, 3.8) is 0 Å². The maximum atomic E-state index is 13.0. The Labute approximate surface area is 174 Å². The number of esters is 1. The summed E-state index contributed by atoms with van der Waals surface area (Å²) in [6, 6.07) is 7.95. The monoisotopic (exact) mass is 415 g/mol. The Balaban J connectivity index is 1.73. The summed E-state index contributed by atoms with van der Waals surface area (Å²) in [6.45, 7) is 3.74. The number of rotatable bonds is 7. The van der Waals surface area contributed by atoms with Crippen molar-refractivity contribution in [3.05, 3.63) is 58.9 Å². The lowest BCUT2D eigenvalue weighted by Crippen LogP contribution is -2.45. The Hall–Kier alpha value is -2.91. The van der Waals surface area contributed by atoms with Crippen molar-refractivity contribution in [3.8, 4) is 5.75 Å². The standard InChI is InChI=1S/C21H23BFNO6/c1-12(2)18(21(26)29-10-13-4-7-15(23)8-5-13)24-20(25)16-9-6-14-11-30-22(27)17(14)19(16)28-3/h4-9,12,18,27H,10-11H2,1-3H3,(H,24,25). The van der Waals surface area contributed by atoms with Gasteiger partial charge >= 0.3 is 13.1 Å². The average molecular weight is 415 g/mol. The Kier molecular flexibility index (Phi) is 6.74. The molecule has 0 radical (unpaired) electrons. The first kappa shape index (κ1) is 21.8. The number of amides is 1. The van der Waals surface area contributed by atoms with Crippen molar-refractivity contribution < 1.29 is 33.1 Å². The van der Waals surface area contributed by atoms with Crippen molar-refractivity contribution >= 4 is 24.5 Å². The van der Waals surface area contributed by atoms with Crippen molar-refractivity contribution in [1.29, 1.82) is 0 Å². The first-order chi connectivity index (χ1) is 14.3. The quantitative estimate of drug-likeness (QED) is 0.527. The lowest BCUT2D eigenvalue weighted by Gasteiger charge is -2.22. The van der Waals surface area contributed by atoms with Crippen molar-refractivity contribution in [2.24, 2.45) is 5.92 Å². The SMILES string of the molecule is COc1c(C(=O)NC(C(=O)OCc2ccc(F)cc2)C(C)C)ccc2c1B(O)OC2. The summed E-state index contributed by atoms with van der Waals surface area (Å²) in [5.74, 6) is -1.56. The molecule has 9 heteroatoms. The van der Waals surface area contributed by atoms with Gasteiger partial charge in [-0.2, -0.15) is 0 Å². The van der Waals surface area contributed by atoms with Crippen molar-refractivity contribution in [2.75, 3.05) is 7.11 Å². The van der Waals surface area contributed by atoms with E-state index in [9.17, 15) is 19.0 Å². The first-order valence-corrected chi connectivity index (χ1v) is 9.53. The molecule has 0 saturated heterocycles. The van der Waals surface area contributed by atoms with E-state index in [4.69, 9.17) is 14.1 Å². The molecule has 1 unspecified atom stereocenters. The lowest BCUT2D eigenvalue weighted by molar-refractivity contribution is -0.148.